The molecule has 1 fully saturated rings. The summed E-state index contributed by atoms with van der Waals surface area (Å²) in [5.41, 5.74) is 2.30. The first-order valence-corrected chi connectivity index (χ1v) is 6.87. The van der Waals surface area contributed by atoms with Crippen LogP contribution in [0.3, 0.4) is 0 Å². The van der Waals surface area contributed by atoms with Crippen molar-refractivity contribution in [3.05, 3.63) is 35.4 Å². The summed E-state index contributed by atoms with van der Waals surface area (Å²) in [6.07, 6.45) is 0.993. The quantitative estimate of drug-likeness (QED) is 0.837. The van der Waals surface area contributed by atoms with Gasteiger partial charge in [0.1, 0.15) is 0 Å². The van der Waals surface area contributed by atoms with E-state index in [0.717, 1.165) is 25.1 Å². The number of benzene rings is 1. The Morgan fingerprint density at radius 3 is 3.16 bits per heavy atom. The molecule has 0 radical (unpaired) electrons. The molecule has 0 saturated carbocycles. The Morgan fingerprint density at radius 2 is 2.32 bits per heavy atom. The molecule has 4 nitrogen and oxygen atoms in total. The summed E-state index contributed by atoms with van der Waals surface area (Å²) in [4.78, 5) is 12.2. The molecule has 0 bridgehead atoms. The molecule has 2 unspecified atom stereocenters. The van der Waals surface area contributed by atoms with Crippen LogP contribution in [0.1, 0.15) is 23.5 Å². The van der Waals surface area contributed by atoms with Crippen molar-refractivity contribution in [1.82, 2.24) is 5.32 Å². The van der Waals surface area contributed by atoms with Gasteiger partial charge in [-0.25, -0.2) is 0 Å². The van der Waals surface area contributed by atoms with E-state index < -0.39 is 0 Å². The van der Waals surface area contributed by atoms with Crippen LogP contribution in [0, 0.1) is 5.92 Å². The largest absolute Gasteiger partial charge is 0.465 e. The topological polar surface area (TPSA) is 47.6 Å². The number of fused-ring (bicyclic) bond motifs is 1. The van der Waals surface area contributed by atoms with Crippen LogP contribution in [-0.4, -0.2) is 32.3 Å². The number of rotatable bonds is 3. The van der Waals surface area contributed by atoms with Gasteiger partial charge < -0.3 is 14.8 Å². The Morgan fingerprint density at radius 1 is 1.42 bits per heavy atom. The highest BCUT2D eigenvalue weighted by atomic mass is 16.5. The predicted molar refractivity (Wildman–Crippen MR) is 70.8 cm³/mol. The lowest BCUT2D eigenvalue weighted by Gasteiger charge is -2.25. The summed E-state index contributed by atoms with van der Waals surface area (Å²) in [6.45, 7) is 3.48. The van der Waals surface area contributed by atoms with Gasteiger partial charge >= 0.3 is 5.97 Å². The molecule has 2 heterocycles. The van der Waals surface area contributed by atoms with Crippen LogP contribution in [-0.2, 0) is 20.8 Å². The molecule has 2 aliphatic heterocycles. The first-order chi connectivity index (χ1) is 9.34. The molecule has 102 valence electrons. The molecule has 0 amide bonds. The Balaban J connectivity index is 1.64. The van der Waals surface area contributed by atoms with Crippen LogP contribution in [0.2, 0.25) is 0 Å². The van der Waals surface area contributed by atoms with Gasteiger partial charge in [0.05, 0.1) is 19.1 Å². The summed E-state index contributed by atoms with van der Waals surface area (Å²) in [7, 11) is 0. The van der Waals surface area contributed by atoms with E-state index in [9.17, 15) is 4.79 Å². The molecule has 4 heteroatoms. The molecule has 2 atom stereocenters. The lowest BCUT2D eigenvalue weighted by molar-refractivity contribution is -0.146. The monoisotopic (exact) mass is 261 g/mol. The smallest absolute Gasteiger partial charge is 0.314 e. The maximum absolute atomic E-state index is 12.2. The van der Waals surface area contributed by atoms with Gasteiger partial charge in [0.25, 0.3) is 0 Å². The van der Waals surface area contributed by atoms with Gasteiger partial charge in [-0.1, -0.05) is 24.3 Å². The van der Waals surface area contributed by atoms with Crippen LogP contribution < -0.4 is 5.32 Å². The van der Waals surface area contributed by atoms with E-state index in [-0.39, 0.29) is 11.9 Å². The number of esters is 1. The van der Waals surface area contributed by atoms with Crippen molar-refractivity contribution < 1.29 is 14.3 Å². The maximum atomic E-state index is 12.2. The first kappa shape index (κ1) is 12.6. The van der Waals surface area contributed by atoms with Crippen molar-refractivity contribution >= 4 is 5.97 Å². The van der Waals surface area contributed by atoms with Crippen molar-refractivity contribution in [2.75, 3.05) is 26.4 Å². The molecule has 2 aliphatic rings. The summed E-state index contributed by atoms with van der Waals surface area (Å²) in [5.74, 6) is 0.0783. The van der Waals surface area contributed by atoms with Gasteiger partial charge in [-0.3, -0.25) is 4.79 Å². The number of ether oxygens (including phenoxy) is 2. The highest BCUT2D eigenvalue weighted by Gasteiger charge is 2.28. The first-order valence-electron chi connectivity index (χ1n) is 6.87. The second kappa shape index (κ2) is 5.72. The standard InChI is InChI=1S/C15H19NO3/c17-15(19-10-11-5-6-18-9-11)14-8-16-7-12-3-1-2-4-13(12)14/h1-4,11,14,16H,5-10H2. The third kappa shape index (κ3) is 2.80. The normalized spacial score (nSPS) is 25.9. The Bertz CT molecular complexity index is 454. The molecular formula is C15H19NO3. The molecule has 3 rings (SSSR count). The van der Waals surface area contributed by atoms with Crippen molar-refractivity contribution in [3.63, 3.8) is 0 Å². The van der Waals surface area contributed by atoms with Crippen LogP contribution in [0.5, 0.6) is 0 Å². The number of hydrogen-bond donors (Lipinski definition) is 1. The van der Waals surface area contributed by atoms with E-state index in [0.29, 0.717) is 25.7 Å². The summed E-state index contributed by atoms with van der Waals surface area (Å²) in [6, 6.07) is 8.08. The van der Waals surface area contributed by atoms with Gasteiger partial charge in [-0.2, -0.15) is 0 Å². The fraction of sp³-hybridized carbons (Fsp3) is 0.533. The second-order valence-corrected chi connectivity index (χ2v) is 5.24. The minimum absolute atomic E-state index is 0.119. The summed E-state index contributed by atoms with van der Waals surface area (Å²) < 4.78 is 10.8. The van der Waals surface area contributed by atoms with E-state index in [1.54, 1.807) is 0 Å². The fourth-order valence-corrected chi connectivity index (χ4v) is 2.72. The molecule has 0 aliphatic carbocycles. The van der Waals surface area contributed by atoms with Gasteiger partial charge in [-0.05, 0) is 17.5 Å². The lowest BCUT2D eigenvalue weighted by Crippen LogP contribution is -2.34. The van der Waals surface area contributed by atoms with Crippen molar-refractivity contribution in [2.45, 2.75) is 18.9 Å². The molecule has 0 spiro atoms. The van der Waals surface area contributed by atoms with E-state index in [4.69, 9.17) is 9.47 Å². The molecule has 1 aromatic rings. The minimum atomic E-state index is -0.174. The summed E-state index contributed by atoms with van der Waals surface area (Å²) in [5, 5.41) is 3.27. The SMILES string of the molecule is O=C(OCC1CCOC1)C1CNCc2ccccc21. The number of carbonyl (C=O) groups is 1. The second-order valence-electron chi connectivity index (χ2n) is 5.24. The molecule has 1 N–H and O–H groups in total. The minimum Gasteiger partial charge on any atom is -0.465 e. The molecule has 19 heavy (non-hydrogen) atoms. The van der Waals surface area contributed by atoms with Crippen LogP contribution in [0.15, 0.2) is 24.3 Å². The zero-order valence-corrected chi connectivity index (χ0v) is 10.9. The van der Waals surface area contributed by atoms with Gasteiger partial charge in [0.15, 0.2) is 0 Å². The highest BCUT2D eigenvalue weighted by molar-refractivity contribution is 5.79. The Hall–Kier alpha value is -1.39. The fourth-order valence-electron chi connectivity index (χ4n) is 2.72. The number of hydrogen-bond acceptors (Lipinski definition) is 4. The van der Waals surface area contributed by atoms with Gasteiger partial charge in [0.2, 0.25) is 0 Å². The van der Waals surface area contributed by atoms with Crippen molar-refractivity contribution in [3.8, 4) is 0 Å². The lowest BCUT2D eigenvalue weighted by atomic mass is 9.91. The van der Waals surface area contributed by atoms with Gasteiger partial charge in [-0.15, -0.1) is 0 Å². The van der Waals surface area contributed by atoms with Crippen LogP contribution in [0.4, 0.5) is 0 Å². The van der Waals surface area contributed by atoms with E-state index >= 15 is 0 Å². The Labute approximate surface area is 113 Å². The molecular weight excluding hydrogens is 242 g/mol. The van der Waals surface area contributed by atoms with Crippen molar-refractivity contribution in [1.29, 1.82) is 0 Å². The van der Waals surface area contributed by atoms with E-state index in [2.05, 4.69) is 11.4 Å². The Kier molecular flexibility index (Phi) is 3.80. The van der Waals surface area contributed by atoms with Crippen LogP contribution in [0.25, 0.3) is 0 Å². The molecule has 0 aromatic heterocycles. The number of nitrogens with one attached hydrogen (secondary N) is 1. The molecule has 1 saturated heterocycles. The third-order valence-electron chi connectivity index (χ3n) is 3.86. The summed E-state index contributed by atoms with van der Waals surface area (Å²) >= 11 is 0. The molecule has 1 aromatic carbocycles. The van der Waals surface area contributed by atoms with Crippen molar-refractivity contribution in [2.24, 2.45) is 5.92 Å². The maximum Gasteiger partial charge on any atom is 0.314 e. The average Bonchev–Trinajstić information content (AvgIpc) is 2.97. The van der Waals surface area contributed by atoms with E-state index in [1.165, 1.54) is 5.56 Å². The zero-order chi connectivity index (χ0) is 13.1. The zero-order valence-electron chi connectivity index (χ0n) is 10.9. The average molecular weight is 261 g/mol. The highest BCUT2D eigenvalue weighted by Crippen LogP contribution is 2.25. The number of carbonyl (C=O) groups excluding carboxylic acids is 1. The third-order valence-corrected chi connectivity index (χ3v) is 3.86. The van der Waals surface area contributed by atoms with Gasteiger partial charge in [0, 0.05) is 25.6 Å². The van der Waals surface area contributed by atoms with E-state index in [1.807, 2.05) is 18.2 Å². The predicted octanol–water partition coefficient (Wildman–Crippen LogP) is 1.45. The van der Waals surface area contributed by atoms with Crippen LogP contribution >= 0.6 is 0 Å².